The molecule has 2 aromatic carbocycles. The monoisotopic (exact) mass is 420 g/mol. The van der Waals surface area contributed by atoms with Gasteiger partial charge in [0.05, 0.1) is 20.1 Å². The Morgan fingerprint density at radius 1 is 1.03 bits per heavy atom. The van der Waals surface area contributed by atoms with Crippen molar-refractivity contribution < 1.29 is 9.53 Å². The number of aromatic nitrogens is 3. The number of ether oxygens (including phenoxy) is 1. The van der Waals surface area contributed by atoms with Crippen molar-refractivity contribution in [3.63, 3.8) is 0 Å². The molecular weight excluding hydrogens is 392 g/mol. The van der Waals surface area contributed by atoms with Crippen molar-refractivity contribution >= 4 is 23.6 Å². The van der Waals surface area contributed by atoms with Gasteiger partial charge in [-0.15, -0.1) is 0 Å². The van der Waals surface area contributed by atoms with Crippen molar-refractivity contribution in [1.29, 1.82) is 0 Å². The normalized spacial score (nSPS) is 10.8. The van der Waals surface area contributed by atoms with Crippen LogP contribution in [-0.2, 0) is 29.0 Å². The summed E-state index contributed by atoms with van der Waals surface area (Å²) in [6.07, 6.45) is 1.16. The molecule has 0 fully saturated rings. The Hall–Kier alpha value is -3.52. The van der Waals surface area contributed by atoms with Crippen molar-refractivity contribution in [1.82, 2.24) is 19.9 Å². The molecule has 162 valence electrons. The van der Waals surface area contributed by atoms with E-state index in [9.17, 15) is 4.79 Å². The third kappa shape index (κ3) is 6.75. The van der Waals surface area contributed by atoms with Gasteiger partial charge in [-0.2, -0.15) is 15.0 Å². The first-order valence-electron chi connectivity index (χ1n) is 10.3. The fourth-order valence-corrected chi connectivity index (χ4v) is 3.24. The molecule has 0 spiro atoms. The van der Waals surface area contributed by atoms with Gasteiger partial charge in [-0.25, -0.2) is 0 Å². The van der Waals surface area contributed by atoms with Crippen LogP contribution in [-0.4, -0.2) is 39.5 Å². The third-order valence-electron chi connectivity index (χ3n) is 4.82. The summed E-state index contributed by atoms with van der Waals surface area (Å²) in [5.41, 5.74) is 9.19. The molecule has 0 saturated carbocycles. The molecule has 0 radical (unpaired) electrons. The summed E-state index contributed by atoms with van der Waals surface area (Å²) in [4.78, 5) is 26.9. The Morgan fingerprint density at radius 2 is 1.77 bits per heavy atom. The fourth-order valence-electron chi connectivity index (χ4n) is 3.24. The second kappa shape index (κ2) is 11.0. The minimum atomic E-state index is -0.258. The van der Waals surface area contributed by atoms with Crippen LogP contribution >= 0.6 is 0 Å². The van der Waals surface area contributed by atoms with Crippen LogP contribution in [0.1, 0.15) is 30.3 Å². The first-order valence-corrected chi connectivity index (χ1v) is 10.3. The zero-order chi connectivity index (χ0) is 22.1. The minimum absolute atomic E-state index is 0.147. The van der Waals surface area contributed by atoms with Crippen LogP contribution in [0.3, 0.4) is 0 Å². The molecule has 8 heteroatoms. The summed E-state index contributed by atoms with van der Waals surface area (Å²) in [7, 11) is 1.39. The van der Waals surface area contributed by atoms with Crippen LogP contribution in [0.4, 0.5) is 17.6 Å². The molecule has 0 amide bonds. The Kier molecular flexibility index (Phi) is 7.89. The number of carbonyl (C=O) groups excluding carboxylic acids is 1. The number of esters is 1. The average molecular weight is 421 g/mol. The predicted molar refractivity (Wildman–Crippen MR) is 121 cm³/mol. The number of anilines is 3. The third-order valence-corrected chi connectivity index (χ3v) is 4.82. The van der Waals surface area contributed by atoms with E-state index in [4.69, 9.17) is 10.5 Å². The maximum atomic E-state index is 11.7. The van der Waals surface area contributed by atoms with Crippen molar-refractivity contribution in [3.05, 3.63) is 71.5 Å². The number of nitrogen functional groups attached to an aromatic ring is 1. The van der Waals surface area contributed by atoms with Crippen LogP contribution < -0.4 is 11.1 Å². The van der Waals surface area contributed by atoms with Gasteiger partial charge < -0.3 is 15.8 Å². The first-order chi connectivity index (χ1) is 15.1. The highest BCUT2D eigenvalue weighted by Gasteiger charge is 2.14. The largest absolute Gasteiger partial charge is 0.469 e. The van der Waals surface area contributed by atoms with E-state index in [1.807, 2.05) is 48.5 Å². The van der Waals surface area contributed by atoms with Crippen molar-refractivity contribution in [3.8, 4) is 0 Å². The predicted octanol–water partition coefficient (Wildman–Crippen LogP) is 3.33. The van der Waals surface area contributed by atoms with Gasteiger partial charge >= 0.3 is 5.97 Å². The van der Waals surface area contributed by atoms with Crippen molar-refractivity contribution in [2.24, 2.45) is 0 Å². The number of nitrogens with one attached hydrogen (secondary N) is 1. The number of carbonyl (C=O) groups is 1. The Balaban J connectivity index is 1.78. The lowest BCUT2D eigenvalue weighted by atomic mass is 10.1. The number of hydrogen-bond donors (Lipinski definition) is 2. The Morgan fingerprint density at radius 3 is 2.52 bits per heavy atom. The van der Waals surface area contributed by atoms with E-state index in [0.717, 1.165) is 23.2 Å². The molecule has 31 heavy (non-hydrogen) atoms. The second-order valence-electron chi connectivity index (χ2n) is 7.09. The number of rotatable bonds is 10. The van der Waals surface area contributed by atoms with Gasteiger partial charge in [0, 0.05) is 18.8 Å². The van der Waals surface area contributed by atoms with Crippen molar-refractivity contribution in [2.75, 3.05) is 24.7 Å². The number of benzene rings is 2. The lowest BCUT2D eigenvalue weighted by molar-refractivity contribution is -0.141. The van der Waals surface area contributed by atoms with Gasteiger partial charge in [-0.3, -0.25) is 9.69 Å². The molecule has 8 nitrogen and oxygen atoms in total. The van der Waals surface area contributed by atoms with E-state index in [0.29, 0.717) is 31.4 Å². The molecule has 0 unspecified atom stereocenters. The van der Waals surface area contributed by atoms with Gasteiger partial charge in [-0.05, 0) is 23.6 Å². The summed E-state index contributed by atoms with van der Waals surface area (Å²) in [6.45, 7) is 3.67. The highest BCUT2D eigenvalue weighted by Crippen LogP contribution is 2.20. The summed E-state index contributed by atoms with van der Waals surface area (Å²) < 4.78 is 4.79. The van der Waals surface area contributed by atoms with E-state index in [1.54, 1.807) is 0 Å². The molecule has 0 atom stereocenters. The van der Waals surface area contributed by atoms with Gasteiger partial charge in [-0.1, -0.05) is 55.5 Å². The Bertz CT molecular complexity index is 996. The minimum Gasteiger partial charge on any atom is -0.469 e. The lowest BCUT2D eigenvalue weighted by Crippen LogP contribution is -2.27. The van der Waals surface area contributed by atoms with Crippen LogP contribution in [0.25, 0.3) is 0 Å². The molecule has 1 aromatic heterocycles. The smallest absolute Gasteiger partial charge is 0.306 e. The Labute approximate surface area is 182 Å². The number of methoxy groups -OCH3 is 1. The van der Waals surface area contributed by atoms with E-state index < -0.39 is 0 Å². The molecular formula is C23H28N6O2. The first kappa shape index (κ1) is 22.2. The standard InChI is InChI=1S/C23H28N6O2/c1-3-18-11-7-8-12-19(18)25-23-27-20(26-22(24)28-23)16-29(14-13-21(30)31-2)15-17-9-5-4-6-10-17/h4-12H,3,13-16H2,1-2H3,(H3,24,25,26,27,28). The van der Waals surface area contributed by atoms with Gasteiger partial charge in [0.25, 0.3) is 0 Å². The van der Waals surface area contributed by atoms with Crippen LogP contribution in [0.2, 0.25) is 0 Å². The highest BCUT2D eigenvalue weighted by atomic mass is 16.5. The topological polar surface area (TPSA) is 106 Å². The van der Waals surface area contributed by atoms with E-state index in [2.05, 4.69) is 38.2 Å². The molecule has 1 heterocycles. The second-order valence-corrected chi connectivity index (χ2v) is 7.09. The molecule has 0 bridgehead atoms. The maximum absolute atomic E-state index is 11.7. The zero-order valence-corrected chi connectivity index (χ0v) is 17.9. The quantitative estimate of drug-likeness (QED) is 0.481. The molecule has 0 aliphatic heterocycles. The molecule has 3 rings (SSSR count). The van der Waals surface area contributed by atoms with E-state index in [1.165, 1.54) is 7.11 Å². The molecule has 3 N–H and O–H groups in total. The fraction of sp³-hybridized carbons (Fsp3) is 0.304. The zero-order valence-electron chi connectivity index (χ0n) is 17.9. The average Bonchev–Trinajstić information content (AvgIpc) is 2.78. The van der Waals surface area contributed by atoms with Crippen LogP contribution in [0.15, 0.2) is 54.6 Å². The number of nitrogens with two attached hydrogens (primary N) is 1. The maximum Gasteiger partial charge on any atom is 0.306 e. The van der Waals surface area contributed by atoms with Crippen molar-refractivity contribution in [2.45, 2.75) is 32.9 Å². The van der Waals surface area contributed by atoms with E-state index >= 15 is 0 Å². The van der Waals surface area contributed by atoms with Gasteiger partial charge in [0.15, 0.2) is 0 Å². The summed E-state index contributed by atoms with van der Waals surface area (Å²) in [5, 5.41) is 3.25. The molecule has 0 saturated heterocycles. The number of nitrogens with zero attached hydrogens (tertiary/aromatic N) is 4. The van der Waals surface area contributed by atoms with Gasteiger partial charge in [0.2, 0.25) is 11.9 Å². The van der Waals surface area contributed by atoms with Crippen LogP contribution in [0, 0.1) is 0 Å². The number of para-hydroxylation sites is 1. The van der Waals surface area contributed by atoms with Gasteiger partial charge in [0.1, 0.15) is 5.82 Å². The highest BCUT2D eigenvalue weighted by molar-refractivity contribution is 5.69. The SMILES string of the molecule is CCc1ccccc1Nc1nc(N)nc(CN(CCC(=O)OC)Cc2ccccc2)n1. The molecule has 0 aliphatic rings. The summed E-state index contributed by atoms with van der Waals surface area (Å²) >= 11 is 0. The van der Waals surface area contributed by atoms with Crippen LogP contribution in [0.5, 0.6) is 0 Å². The number of hydrogen-bond acceptors (Lipinski definition) is 8. The summed E-state index contributed by atoms with van der Waals surface area (Å²) in [5.74, 6) is 0.821. The summed E-state index contributed by atoms with van der Waals surface area (Å²) in [6, 6.07) is 18.0. The molecule has 0 aliphatic carbocycles. The lowest BCUT2D eigenvalue weighted by Gasteiger charge is -2.21. The number of aryl methyl sites for hydroxylation is 1. The molecule has 3 aromatic rings. The van der Waals surface area contributed by atoms with E-state index in [-0.39, 0.29) is 18.3 Å².